The molecule has 5 rings (SSSR count). The molecular formula is C22H15N5O3S. The third-order valence-corrected chi connectivity index (χ3v) is 5.44. The zero-order valence-electron chi connectivity index (χ0n) is 16.1. The molecule has 0 saturated carbocycles. The van der Waals surface area contributed by atoms with Gasteiger partial charge in [0.25, 0.3) is 0 Å². The fraction of sp³-hybridized carbons (Fsp3) is 0.0455. The van der Waals surface area contributed by atoms with Crippen LogP contribution in [0, 0.1) is 0 Å². The maximum absolute atomic E-state index is 13.1. The van der Waals surface area contributed by atoms with E-state index in [1.54, 1.807) is 18.2 Å². The number of carbonyl (C=O) groups excluding carboxylic acids is 1. The maximum atomic E-state index is 13.1. The quantitative estimate of drug-likeness (QED) is 0.293. The summed E-state index contributed by atoms with van der Waals surface area (Å²) in [5, 5.41) is 12.5. The predicted molar refractivity (Wildman–Crippen MR) is 116 cm³/mol. The highest BCUT2D eigenvalue weighted by molar-refractivity contribution is 7.18. The fourth-order valence-corrected chi connectivity index (χ4v) is 3.89. The molecule has 0 atom stereocenters. The van der Waals surface area contributed by atoms with Crippen LogP contribution in [0.4, 0.5) is 0 Å². The Morgan fingerprint density at radius 2 is 1.90 bits per heavy atom. The van der Waals surface area contributed by atoms with Crippen molar-refractivity contribution in [1.82, 2.24) is 25.2 Å². The Hall–Kier alpha value is -4.11. The van der Waals surface area contributed by atoms with E-state index in [9.17, 15) is 4.79 Å². The Balaban J connectivity index is 1.46. The smallest absolute Gasteiger partial charge is 0.357 e. The summed E-state index contributed by atoms with van der Waals surface area (Å²) in [5.74, 6) is 0.289. The van der Waals surface area contributed by atoms with Crippen molar-refractivity contribution >= 4 is 39.3 Å². The number of fused-ring (bicyclic) bond motifs is 1. The summed E-state index contributed by atoms with van der Waals surface area (Å²) < 4.78 is 13.3. The van der Waals surface area contributed by atoms with Gasteiger partial charge in [-0.1, -0.05) is 42.5 Å². The molecule has 0 aliphatic rings. The van der Waals surface area contributed by atoms with E-state index in [1.165, 1.54) is 22.3 Å². The van der Waals surface area contributed by atoms with E-state index in [2.05, 4.69) is 20.5 Å². The summed E-state index contributed by atoms with van der Waals surface area (Å²) in [6.45, 7) is 0.0382. The van der Waals surface area contributed by atoms with Crippen molar-refractivity contribution in [3.63, 3.8) is 0 Å². The van der Waals surface area contributed by atoms with Crippen LogP contribution in [-0.4, -0.2) is 31.2 Å². The van der Waals surface area contributed by atoms with Crippen LogP contribution >= 0.6 is 11.3 Å². The standard InChI is InChI=1S/C22H15N5O3S/c28-22(30-14-20-23-17-10-4-5-11-19(17)31-20)18(13-16-9-6-12-29-16)27-21(24-25-26-27)15-7-2-1-3-8-15/h1-13H,14H2/b18-13-. The van der Waals surface area contributed by atoms with Gasteiger partial charge < -0.3 is 9.15 Å². The molecule has 31 heavy (non-hydrogen) atoms. The molecule has 0 fully saturated rings. The molecular weight excluding hydrogens is 414 g/mol. The molecule has 0 amide bonds. The van der Waals surface area contributed by atoms with Crippen LogP contribution in [0.3, 0.4) is 0 Å². The second-order valence-corrected chi connectivity index (χ2v) is 7.59. The summed E-state index contributed by atoms with van der Waals surface area (Å²) in [4.78, 5) is 17.6. The van der Waals surface area contributed by atoms with Gasteiger partial charge in [-0.25, -0.2) is 9.78 Å². The first kappa shape index (κ1) is 18.9. The van der Waals surface area contributed by atoms with Crippen molar-refractivity contribution in [1.29, 1.82) is 0 Å². The number of thiazole rings is 1. The van der Waals surface area contributed by atoms with Gasteiger partial charge in [0.05, 0.1) is 16.5 Å². The van der Waals surface area contributed by atoms with E-state index in [0.29, 0.717) is 16.6 Å². The van der Waals surface area contributed by atoms with Crippen molar-refractivity contribution in [2.45, 2.75) is 6.61 Å². The third kappa shape index (κ3) is 3.99. The van der Waals surface area contributed by atoms with Crippen LogP contribution in [0.1, 0.15) is 10.8 Å². The summed E-state index contributed by atoms with van der Waals surface area (Å²) in [6.07, 6.45) is 3.07. The number of ether oxygens (including phenoxy) is 1. The van der Waals surface area contributed by atoms with Gasteiger partial charge in [0.2, 0.25) is 0 Å². The lowest BCUT2D eigenvalue weighted by molar-refractivity contribution is -0.138. The molecule has 3 aromatic heterocycles. The Kier molecular flexibility index (Phi) is 5.07. The van der Waals surface area contributed by atoms with Crippen molar-refractivity contribution in [3.8, 4) is 11.4 Å². The minimum atomic E-state index is -0.597. The van der Waals surface area contributed by atoms with Gasteiger partial charge >= 0.3 is 5.97 Å². The van der Waals surface area contributed by atoms with Crippen molar-refractivity contribution < 1.29 is 13.9 Å². The number of nitrogens with zero attached hydrogens (tertiary/aromatic N) is 5. The summed E-state index contributed by atoms with van der Waals surface area (Å²) in [5.41, 5.74) is 1.76. The van der Waals surface area contributed by atoms with Crippen LogP contribution in [0.25, 0.3) is 33.4 Å². The van der Waals surface area contributed by atoms with Crippen LogP contribution in [-0.2, 0) is 16.1 Å². The molecule has 0 bridgehead atoms. The highest BCUT2D eigenvalue weighted by Crippen LogP contribution is 2.24. The first-order valence-corrected chi connectivity index (χ1v) is 10.2. The number of hydrogen-bond acceptors (Lipinski definition) is 8. The Morgan fingerprint density at radius 1 is 1.06 bits per heavy atom. The van der Waals surface area contributed by atoms with Crippen LogP contribution in [0.5, 0.6) is 0 Å². The van der Waals surface area contributed by atoms with Gasteiger partial charge in [0.15, 0.2) is 11.5 Å². The highest BCUT2D eigenvalue weighted by Gasteiger charge is 2.21. The number of para-hydroxylation sites is 1. The highest BCUT2D eigenvalue weighted by atomic mass is 32.1. The van der Waals surface area contributed by atoms with Gasteiger partial charge in [-0.2, -0.15) is 4.68 Å². The molecule has 0 aliphatic heterocycles. The summed E-state index contributed by atoms with van der Waals surface area (Å²) in [6, 6.07) is 20.6. The molecule has 3 heterocycles. The average molecular weight is 429 g/mol. The lowest BCUT2D eigenvalue weighted by atomic mass is 10.2. The second kappa shape index (κ2) is 8.33. The number of tetrazole rings is 1. The van der Waals surface area contributed by atoms with Gasteiger partial charge in [-0.15, -0.1) is 16.4 Å². The predicted octanol–water partition coefficient (Wildman–Crippen LogP) is 4.28. The molecule has 152 valence electrons. The zero-order valence-corrected chi connectivity index (χ0v) is 16.9. The minimum Gasteiger partial charge on any atom is -0.465 e. The number of rotatable bonds is 6. The monoisotopic (exact) mass is 429 g/mol. The van der Waals surface area contributed by atoms with Crippen LogP contribution < -0.4 is 0 Å². The van der Waals surface area contributed by atoms with Gasteiger partial charge in [-0.3, -0.25) is 0 Å². The molecule has 5 aromatic rings. The normalized spacial score (nSPS) is 11.7. The van der Waals surface area contributed by atoms with Crippen molar-refractivity contribution in [2.24, 2.45) is 0 Å². The topological polar surface area (TPSA) is 95.9 Å². The third-order valence-electron chi connectivity index (χ3n) is 4.43. The zero-order chi connectivity index (χ0) is 21.0. The van der Waals surface area contributed by atoms with Gasteiger partial charge in [0.1, 0.15) is 17.4 Å². The average Bonchev–Trinajstić information content (AvgIpc) is 3.56. The Morgan fingerprint density at radius 3 is 2.71 bits per heavy atom. The number of furan rings is 1. The number of hydrogen-bond donors (Lipinski definition) is 0. The van der Waals surface area contributed by atoms with Crippen molar-refractivity contribution in [2.75, 3.05) is 0 Å². The number of esters is 1. The van der Waals surface area contributed by atoms with Crippen LogP contribution in [0.15, 0.2) is 77.4 Å². The van der Waals surface area contributed by atoms with E-state index < -0.39 is 5.97 Å². The Labute approximate surface area is 180 Å². The lowest BCUT2D eigenvalue weighted by Crippen LogP contribution is -2.15. The SMILES string of the molecule is O=C(OCc1nc2ccccc2s1)/C(=C/c1ccco1)n1nnnc1-c1ccccc1. The molecule has 0 N–H and O–H groups in total. The van der Waals surface area contributed by atoms with E-state index >= 15 is 0 Å². The number of benzene rings is 2. The minimum absolute atomic E-state index is 0.0382. The summed E-state index contributed by atoms with van der Waals surface area (Å²) in [7, 11) is 0. The van der Waals surface area contributed by atoms with Gasteiger partial charge in [-0.05, 0) is 34.7 Å². The lowest BCUT2D eigenvalue weighted by Gasteiger charge is -2.09. The van der Waals surface area contributed by atoms with Crippen LogP contribution in [0.2, 0.25) is 0 Å². The van der Waals surface area contributed by atoms with Crippen molar-refractivity contribution in [3.05, 3.63) is 83.8 Å². The molecule has 0 spiro atoms. The molecule has 8 nitrogen and oxygen atoms in total. The fourth-order valence-electron chi connectivity index (χ4n) is 3.01. The second-order valence-electron chi connectivity index (χ2n) is 6.48. The molecule has 0 unspecified atom stereocenters. The molecule has 0 saturated heterocycles. The first-order valence-electron chi connectivity index (χ1n) is 9.39. The molecule has 9 heteroatoms. The van der Waals surface area contributed by atoms with E-state index in [1.807, 2.05) is 54.6 Å². The maximum Gasteiger partial charge on any atom is 0.357 e. The molecule has 0 aliphatic carbocycles. The number of aromatic nitrogens is 5. The van der Waals surface area contributed by atoms with E-state index in [4.69, 9.17) is 9.15 Å². The largest absolute Gasteiger partial charge is 0.465 e. The van der Waals surface area contributed by atoms with E-state index in [0.717, 1.165) is 15.8 Å². The first-order chi connectivity index (χ1) is 15.3. The Bertz CT molecular complexity index is 1320. The molecule has 2 aromatic carbocycles. The molecule has 0 radical (unpaired) electrons. The number of carbonyl (C=O) groups is 1. The van der Waals surface area contributed by atoms with Gasteiger partial charge in [0, 0.05) is 11.6 Å². The van der Waals surface area contributed by atoms with E-state index in [-0.39, 0.29) is 12.3 Å². The summed E-state index contributed by atoms with van der Waals surface area (Å²) >= 11 is 1.48.